The fraction of sp³-hybridized carbons (Fsp3) is 0.190. The number of hydrogen-bond donors (Lipinski definition) is 1. The monoisotopic (exact) mass is 315 g/mol. The molecule has 3 aromatic heterocycles. The molecule has 24 heavy (non-hydrogen) atoms. The highest BCUT2D eigenvalue weighted by Gasteiger charge is 2.18. The molecule has 1 aromatic carbocycles. The van der Waals surface area contributed by atoms with Crippen LogP contribution in [0.2, 0.25) is 0 Å². The van der Waals surface area contributed by atoms with Gasteiger partial charge in [0.25, 0.3) is 0 Å². The number of aromatic nitrogens is 3. The number of benzene rings is 1. The lowest BCUT2D eigenvalue weighted by atomic mass is 9.92. The molecule has 3 heteroatoms. The van der Waals surface area contributed by atoms with Gasteiger partial charge in [0, 0.05) is 34.8 Å². The molecule has 4 aromatic rings. The molecule has 4 rings (SSSR count). The maximum atomic E-state index is 4.70. The van der Waals surface area contributed by atoms with E-state index in [9.17, 15) is 0 Å². The lowest BCUT2D eigenvalue weighted by Crippen LogP contribution is -1.98. The van der Waals surface area contributed by atoms with Crippen LogP contribution in [0, 0.1) is 0 Å². The van der Waals surface area contributed by atoms with Crippen LogP contribution in [0.1, 0.15) is 36.6 Å². The largest absolute Gasteiger partial charge is 0.360 e. The van der Waals surface area contributed by atoms with Crippen LogP contribution >= 0.6 is 0 Å². The van der Waals surface area contributed by atoms with Gasteiger partial charge in [0.15, 0.2) is 0 Å². The Hall–Kier alpha value is -2.81. The van der Waals surface area contributed by atoms with Crippen molar-refractivity contribution < 1.29 is 0 Å². The Bertz CT molecular complexity index is 1000. The van der Waals surface area contributed by atoms with E-state index in [2.05, 4.69) is 61.9 Å². The van der Waals surface area contributed by atoms with Crippen molar-refractivity contribution in [3.8, 4) is 0 Å². The summed E-state index contributed by atoms with van der Waals surface area (Å²) in [5.74, 6) is 0.161. The molecule has 0 aliphatic heterocycles. The third-order valence-corrected chi connectivity index (χ3v) is 4.88. The molecule has 0 aliphatic rings. The minimum absolute atomic E-state index is 0.161. The average Bonchev–Trinajstić information content (AvgIpc) is 3.24. The molecule has 0 saturated heterocycles. The van der Waals surface area contributed by atoms with Crippen LogP contribution in [-0.4, -0.2) is 14.6 Å². The van der Waals surface area contributed by atoms with Crippen LogP contribution in [0.25, 0.3) is 22.0 Å². The summed E-state index contributed by atoms with van der Waals surface area (Å²) in [7, 11) is 0. The first-order valence-electron chi connectivity index (χ1n) is 8.41. The second-order valence-corrected chi connectivity index (χ2v) is 6.28. The highest BCUT2D eigenvalue weighted by Crippen LogP contribution is 2.35. The quantitative estimate of drug-likeness (QED) is 0.552. The van der Waals surface area contributed by atoms with E-state index in [-0.39, 0.29) is 5.92 Å². The number of allylic oxidation sites excluding steroid dienone is 1. The Labute approximate surface area is 141 Å². The topological polar surface area (TPSA) is 33.1 Å². The van der Waals surface area contributed by atoms with Crippen molar-refractivity contribution in [3.63, 3.8) is 0 Å². The van der Waals surface area contributed by atoms with Crippen LogP contribution in [0.4, 0.5) is 0 Å². The molecule has 0 radical (unpaired) electrons. The molecule has 3 nitrogen and oxygen atoms in total. The highest BCUT2D eigenvalue weighted by molar-refractivity contribution is 5.95. The van der Waals surface area contributed by atoms with E-state index in [0.717, 1.165) is 23.2 Å². The Morgan fingerprint density at radius 1 is 1.25 bits per heavy atom. The van der Waals surface area contributed by atoms with Gasteiger partial charge in [-0.05, 0) is 35.8 Å². The molecule has 0 aliphatic carbocycles. The second-order valence-electron chi connectivity index (χ2n) is 6.28. The summed E-state index contributed by atoms with van der Waals surface area (Å²) in [6.45, 7) is 8.74. The molecule has 0 bridgehead atoms. The first-order chi connectivity index (χ1) is 11.7. The summed E-state index contributed by atoms with van der Waals surface area (Å²) >= 11 is 0. The summed E-state index contributed by atoms with van der Waals surface area (Å²) in [5, 5.41) is 5.95. The molecule has 0 spiro atoms. The zero-order valence-electron chi connectivity index (χ0n) is 14.1. The van der Waals surface area contributed by atoms with Crippen molar-refractivity contribution in [3.05, 3.63) is 78.3 Å². The molecule has 1 atom stereocenters. The van der Waals surface area contributed by atoms with Gasteiger partial charge in [-0.2, -0.15) is 5.10 Å². The smallest absolute Gasteiger partial charge is 0.0707 e. The van der Waals surface area contributed by atoms with Gasteiger partial charge in [0.05, 0.1) is 11.2 Å². The minimum atomic E-state index is 0.161. The van der Waals surface area contributed by atoms with Crippen LogP contribution in [-0.2, 0) is 6.42 Å². The normalized spacial score (nSPS) is 12.8. The SMILES string of the molecule is C=C(c1c[nH]c2c(CC)cccc12)C(C)c1cc2ccccn2n1. The number of fused-ring (bicyclic) bond motifs is 2. The van der Waals surface area contributed by atoms with Crippen molar-refractivity contribution in [1.29, 1.82) is 0 Å². The highest BCUT2D eigenvalue weighted by atomic mass is 15.2. The van der Waals surface area contributed by atoms with Gasteiger partial charge in [-0.25, -0.2) is 4.52 Å². The number of aromatic amines is 1. The molecule has 1 N–H and O–H groups in total. The lowest BCUT2D eigenvalue weighted by molar-refractivity contribution is 0.855. The van der Waals surface area contributed by atoms with Crippen molar-refractivity contribution in [2.24, 2.45) is 0 Å². The number of hydrogen-bond acceptors (Lipinski definition) is 1. The number of para-hydroxylation sites is 1. The third kappa shape index (κ3) is 2.24. The van der Waals surface area contributed by atoms with E-state index in [1.807, 2.05) is 22.8 Å². The predicted octanol–water partition coefficient (Wildman–Crippen LogP) is 5.19. The fourth-order valence-electron chi connectivity index (χ4n) is 3.36. The first-order valence-corrected chi connectivity index (χ1v) is 8.41. The molecular formula is C21H21N3. The minimum Gasteiger partial charge on any atom is -0.360 e. The zero-order valence-corrected chi connectivity index (χ0v) is 14.1. The molecule has 0 fully saturated rings. The second kappa shape index (κ2) is 5.68. The summed E-state index contributed by atoms with van der Waals surface area (Å²) < 4.78 is 1.92. The maximum absolute atomic E-state index is 4.70. The molecular weight excluding hydrogens is 294 g/mol. The number of nitrogens with zero attached hydrogens (tertiary/aromatic N) is 2. The molecule has 0 amide bonds. The number of H-pyrrole nitrogens is 1. The lowest BCUT2D eigenvalue weighted by Gasteiger charge is -2.12. The zero-order chi connectivity index (χ0) is 16.7. The van der Waals surface area contributed by atoms with Crippen molar-refractivity contribution in [1.82, 2.24) is 14.6 Å². The number of rotatable bonds is 4. The Morgan fingerprint density at radius 3 is 2.92 bits per heavy atom. The van der Waals surface area contributed by atoms with Gasteiger partial charge >= 0.3 is 0 Å². The van der Waals surface area contributed by atoms with Gasteiger partial charge < -0.3 is 4.98 Å². The van der Waals surface area contributed by atoms with E-state index in [0.29, 0.717) is 0 Å². The maximum Gasteiger partial charge on any atom is 0.0707 e. The van der Waals surface area contributed by atoms with Gasteiger partial charge in [-0.15, -0.1) is 0 Å². The van der Waals surface area contributed by atoms with E-state index in [4.69, 9.17) is 5.10 Å². The summed E-state index contributed by atoms with van der Waals surface area (Å²) in [6.07, 6.45) is 5.08. The number of nitrogens with one attached hydrogen (secondary N) is 1. The Balaban J connectivity index is 1.75. The van der Waals surface area contributed by atoms with Gasteiger partial charge in [-0.1, -0.05) is 44.7 Å². The Morgan fingerprint density at radius 2 is 2.12 bits per heavy atom. The van der Waals surface area contributed by atoms with Crippen LogP contribution in [0.5, 0.6) is 0 Å². The summed E-state index contributed by atoms with van der Waals surface area (Å²) in [5.41, 5.74) is 7.00. The first kappa shape index (κ1) is 14.8. The van der Waals surface area contributed by atoms with Crippen LogP contribution in [0.3, 0.4) is 0 Å². The van der Waals surface area contributed by atoms with E-state index in [1.54, 1.807) is 0 Å². The fourth-order valence-corrected chi connectivity index (χ4v) is 3.36. The van der Waals surface area contributed by atoms with Gasteiger partial charge in [0.2, 0.25) is 0 Å². The predicted molar refractivity (Wildman–Crippen MR) is 100 cm³/mol. The van der Waals surface area contributed by atoms with E-state index < -0.39 is 0 Å². The molecule has 3 heterocycles. The number of aryl methyl sites for hydroxylation is 1. The van der Waals surface area contributed by atoms with Crippen molar-refractivity contribution >= 4 is 22.0 Å². The molecule has 1 unspecified atom stereocenters. The van der Waals surface area contributed by atoms with E-state index >= 15 is 0 Å². The van der Waals surface area contributed by atoms with E-state index in [1.165, 1.54) is 22.0 Å². The standard InChI is InChI=1S/C21H21N3/c1-4-16-8-7-10-18-19(13-22-21(16)18)14(2)15(3)20-12-17-9-5-6-11-24(17)23-20/h5-13,15,22H,2,4H2,1,3H3. The van der Waals surface area contributed by atoms with Gasteiger partial charge in [0.1, 0.15) is 0 Å². The number of pyridine rings is 1. The van der Waals surface area contributed by atoms with Crippen molar-refractivity contribution in [2.45, 2.75) is 26.2 Å². The third-order valence-electron chi connectivity index (χ3n) is 4.88. The summed E-state index contributed by atoms with van der Waals surface area (Å²) in [6, 6.07) is 14.7. The Kier molecular flexibility index (Phi) is 3.49. The molecule has 120 valence electrons. The molecule has 0 saturated carbocycles. The van der Waals surface area contributed by atoms with Crippen LogP contribution < -0.4 is 0 Å². The summed E-state index contributed by atoms with van der Waals surface area (Å²) in [4.78, 5) is 3.44. The van der Waals surface area contributed by atoms with Gasteiger partial charge in [-0.3, -0.25) is 0 Å². The van der Waals surface area contributed by atoms with Crippen LogP contribution in [0.15, 0.2) is 61.4 Å². The average molecular weight is 315 g/mol. The van der Waals surface area contributed by atoms with Crippen molar-refractivity contribution in [2.75, 3.05) is 0 Å².